The second-order valence-electron chi connectivity index (χ2n) is 7.51. The number of ether oxygens (including phenoxy) is 2. The molecule has 0 saturated heterocycles. The number of amides is 1. The van der Waals surface area contributed by atoms with Crippen molar-refractivity contribution in [3.63, 3.8) is 0 Å². The summed E-state index contributed by atoms with van der Waals surface area (Å²) in [6, 6.07) is 7.86. The summed E-state index contributed by atoms with van der Waals surface area (Å²) in [5, 5.41) is 6.27. The Hall–Kier alpha value is -2.60. The Kier molecular flexibility index (Phi) is 6.80. The molecular weight excluding hydrogens is 342 g/mol. The molecule has 0 radical (unpaired) electrons. The maximum absolute atomic E-state index is 12.1. The molecule has 2 rings (SSSR count). The van der Waals surface area contributed by atoms with Crippen molar-refractivity contribution in [3.8, 4) is 5.75 Å². The van der Waals surface area contributed by atoms with Gasteiger partial charge in [-0.2, -0.15) is 0 Å². The highest BCUT2D eigenvalue weighted by atomic mass is 16.6. The minimum Gasteiger partial charge on any atom is -0.496 e. The van der Waals surface area contributed by atoms with Crippen LogP contribution in [0.5, 0.6) is 5.75 Å². The normalized spacial score (nSPS) is 12.4. The fourth-order valence-electron chi connectivity index (χ4n) is 2.65. The van der Waals surface area contributed by atoms with Gasteiger partial charge in [0.2, 0.25) is 0 Å². The molecule has 27 heavy (non-hydrogen) atoms. The standard InChI is InChI=1S/C21H29N3O3/c1-14-7-8-16(19(11-14)26-6)12-23-15(2)17-13-22-10-9-18(17)24-20(25)27-21(3,4)5/h7-11,13,15,23H,12H2,1-6H3,(H,22,24,25)/t15-/m0/s1. The Morgan fingerprint density at radius 1 is 1.26 bits per heavy atom. The largest absolute Gasteiger partial charge is 0.496 e. The summed E-state index contributed by atoms with van der Waals surface area (Å²) in [6.07, 6.45) is 2.91. The minimum absolute atomic E-state index is 0.0327. The number of carbonyl (C=O) groups is 1. The maximum Gasteiger partial charge on any atom is 0.412 e. The molecule has 6 heteroatoms. The molecular formula is C21H29N3O3. The van der Waals surface area contributed by atoms with Gasteiger partial charge in [0, 0.05) is 36.1 Å². The topological polar surface area (TPSA) is 72.5 Å². The Morgan fingerprint density at radius 3 is 2.67 bits per heavy atom. The quantitative estimate of drug-likeness (QED) is 0.777. The average Bonchev–Trinajstić information content (AvgIpc) is 2.59. The molecule has 0 saturated carbocycles. The minimum atomic E-state index is -0.552. The molecule has 146 valence electrons. The van der Waals surface area contributed by atoms with Gasteiger partial charge in [0.1, 0.15) is 11.4 Å². The van der Waals surface area contributed by atoms with Crippen LogP contribution in [0.3, 0.4) is 0 Å². The molecule has 0 aliphatic carbocycles. The number of nitrogens with one attached hydrogen (secondary N) is 2. The van der Waals surface area contributed by atoms with Crippen molar-refractivity contribution in [2.24, 2.45) is 0 Å². The van der Waals surface area contributed by atoms with Crippen LogP contribution in [0, 0.1) is 6.92 Å². The second-order valence-corrected chi connectivity index (χ2v) is 7.51. The first kappa shape index (κ1) is 20.7. The number of aromatic nitrogens is 1. The van der Waals surface area contributed by atoms with Crippen LogP contribution in [0.4, 0.5) is 10.5 Å². The highest BCUT2D eigenvalue weighted by Crippen LogP contribution is 2.25. The molecule has 1 heterocycles. The lowest BCUT2D eigenvalue weighted by Crippen LogP contribution is -2.28. The van der Waals surface area contributed by atoms with Crippen molar-refractivity contribution >= 4 is 11.8 Å². The highest BCUT2D eigenvalue weighted by Gasteiger charge is 2.18. The van der Waals surface area contributed by atoms with E-state index < -0.39 is 11.7 Å². The average molecular weight is 371 g/mol. The van der Waals surface area contributed by atoms with E-state index in [0.29, 0.717) is 12.2 Å². The summed E-state index contributed by atoms with van der Waals surface area (Å²) in [6.45, 7) is 10.2. The lowest BCUT2D eigenvalue weighted by atomic mass is 10.1. The van der Waals surface area contributed by atoms with Crippen LogP contribution in [0.25, 0.3) is 0 Å². The zero-order chi connectivity index (χ0) is 20.0. The molecule has 1 aromatic heterocycles. The summed E-state index contributed by atoms with van der Waals surface area (Å²) in [4.78, 5) is 16.3. The van der Waals surface area contributed by atoms with Gasteiger partial charge in [-0.3, -0.25) is 10.3 Å². The van der Waals surface area contributed by atoms with E-state index in [2.05, 4.69) is 27.8 Å². The maximum atomic E-state index is 12.1. The van der Waals surface area contributed by atoms with Crippen molar-refractivity contribution in [1.29, 1.82) is 0 Å². The summed E-state index contributed by atoms with van der Waals surface area (Å²) >= 11 is 0. The van der Waals surface area contributed by atoms with Crippen molar-refractivity contribution in [2.45, 2.75) is 52.8 Å². The smallest absolute Gasteiger partial charge is 0.412 e. The third-order valence-electron chi connectivity index (χ3n) is 4.00. The molecule has 1 atom stereocenters. The number of nitrogens with zero attached hydrogens (tertiary/aromatic N) is 1. The number of pyridine rings is 1. The second kappa shape index (κ2) is 8.86. The molecule has 0 spiro atoms. The van der Waals surface area contributed by atoms with Crippen molar-refractivity contribution < 1.29 is 14.3 Å². The third-order valence-corrected chi connectivity index (χ3v) is 4.00. The van der Waals surface area contributed by atoms with Crippen LogP contribution in [0.15, 0.2) is 36.7 Å². The number of benzene rings is 1. The van der Waals surface area contributed by atoms with Crippen LogP contribution in [-0.2, 0) is 11.3 Å². The van der Waals surface area contributed by atoms with E-state index in [1.54, 1.807) is 25.6 Å². The van der Waals surface area contributed by atoms with Crippen molar-refractivity contribution in [2.75, 3.05) is 12.4 Å². The molecule has 0 aliphatic rings. The van der Waals surface area contributed by atoms with E-state index in [1.165, 1.54) is 0 Å². The predicted molar refractivity (Wildman–Crippen MR) is 107 cm³/mol. The molecule has 0 aliphatic heterocycles. The number of anilines is 1. The summed E-state index contributed by atoms with van der Waals surface area (Å²) < 4.78 is 10.8. The summed E-state index contributed by atoms with van der Waals surface area (Å²) in [7, 11) is 1.67. The summed E-state index contributed by atoms with van der Waals surface area (Å²) in [5.74, 6) is 0.855. The zero-order valence-corrected chi connectivity index (χ0v) is 16.9. The molecule has 1 aromatic carbocycles. The van der Waals surface area contributed by atoms with Crippen LogP contribution < -0.4 is 15.4 Å². The zero-order valence-electron chi connectivity index (χ0n) is 16.9. The van der Waals surface area contributed by atoms with Gasteiger partial charge >= 0.3 is 6.09 Å². The van der Waals surface area contributed by atoms with Gasteiger partial charge in [0.05, 0.1) is 12.8 Å². The Labute approximate surface area is 161 Å². The Balaban J connectivity index is 2.08. The lowest BCUT2D eigenvalue weighted by Gasteiger charge is -2.22. The number of aryl methyl sites for hydroxylation is 1. The van der Waals surface area contributed by atoms with Crippen LogP contribution in [-0.4, -0.2) is 23.8 Å². The first-order valence-electron chi connectivity index (χ1n) is 9.00. The fraction of sp³-hybridized carbons (Fsp3) is 0.429. The van der Waals surface area contributed by atoms with Gasteiger partial charge in [-0.05, 0) is 52.3 Å². The molecule has 2 aromatic rings. The van der Waals surface area contributed by atoms with Gasteiger partial charge in [0.15, 0.2) is 0 Å². The molecule has 2 N–H and O–H groups in total. The number of carbonyl (C=O) groups excluding carboxylic acids is 1. The Bertz CT molecular complexity index is 784. The summed E-state index contributed by atoms with van der Waals surface area (Å²) in [5.41, 5.74) is 3.23. The van der Waals surface area contributed by atoms with Gasteiger partial charge in [-0.25, -0.2) is 4.79 Å². The van der Waals surface area contributed by atoms with Gasteiger partial charge < -0.3 is 14.8 Å². The Morgan fingerprint density at radius 2 is 2.00 bits per heavy atom. The molecule has 0 bridgehead atoms. The number of hydrogen-bond donors (Lipinski definition) is 2. The van der Waals surface area contributed by atoms with Crippen molar-refractivity contribution in [1.82, 2.24) is 10.3 Å². The van der Waals surface area contributed by atoms with Gasteiger partial charge in [0.25, 0.3) is 0 Å². The van der Waals surface area contributed by atoms with E-state index >= 15 is 0 Å². The molecule has 1 amide bonds. The fourth-order valence-corrected chi connectivity index (χ4v) is 2.65. The van der Waals surface area contributed by atoms with Crippen LogP contribution in [0.2, 0.25) is 0 Å². The first-order valence-corrected chi connectivity index (χ1v) is 9.00. The van der Waals surface area contributed by atoms with Gasteiger partial charge in [-0.1, -0.05) is 12.1 Å². The van der Waals surface area contributed by atoms with Crippen LogP contribution in [0.1, 0.15) is 50.4 Å². The number of rotatable bonds is 6. The SMILES string of the molecule is COc1cc(C)ccc1CN[C@@H](C)c1cnccc1NC(=O)OC(C)(C)C. The van der Waals surface area contributed by atoms with Crippen molar-refractivity contribution in [3.05, 3.63) is 53.3 Å². The molecule has 0 unspecified atom stereocenters. The van der Waals surface area contributed by atoms with E-state index in [0.717, 1.165) is 22.4 Å². The first-order chi connectivity index (χ1) is 12.7. The monoisotopic (exact) mass is 371 g/mol. The van der Waals surface area contributed by atoms with E-state index in [-0.39, 0.29) is 6.04 Å². The van der Waals surface area contributed by atoms with E-state index in [4.69, 9.17) is 9.47 Å². The predicted octanol–water partition coefficient (Wildman–Crippen LogP) is 4.60. The van der Waals surface area contributed by atoms with E-state index in [1.807, 2.05) is 40.7 Å². The highest BCUT2D eigenvalue weighted by molar-refractivity contribution is 5.85. The molecule has 6 nitrogen and oxygen atoms in total. The van der Waals surface area contributed by atoms with Crippen LogP contribution >= 0.6 is 0 Å². The lowest BCUT2D eigenvalue weighted by molar-refractivity contribution is 0.0635. The third kappa shape index (κ3) is 6.25. The number of hydrogen-bond acceptors (Lipinski definition) is 5. The van der Waals surface area contributed by atoms with E-state index in [9.17, 15) is 4.79 Å². The number of methoxy groups -OCH3 is 1. The molecule has 0 fully saturated rings. The van der Waals surface area contributed by atoms with Gasteiger partial charge in [-0.15, -0.1) is 0 Å².